The molecule has 4 rings (SSSR count). The fourth-order valence-electron chi connectivity index (χ4n) is 3.07. The van der Waals surface area contributed by atoms with E-state index in [9.17, 15) is 13.2 Å². The largest absolute Gasteiger partial charge is 0.486 e. The van der Waals surface area contributed by atoms with Gasteiger partial charge in [0.25, 0.3) is 10.1 Å². The highest BCUT2D eigenvalue weighted by Gasteiger charge is 2.29. The molecule has 2 aromatic rings. The first kappa shape index (κ1) is 17.8. The molecule has 0 saturated heterocycles. The molecule has 0 bridgehead atoms. The van der Waals surface area contributed by atoms with Gasteiger partial charge in [-0.15, -0.1) is 0 Å². The van der Waals surface area contributed by atoms with Gasteiger partial charge in [-0.1, -0.05) is 17.7 Å². The molecule has 0 saturated carbocycles. The van der Waals surface area contributed by atoms with Crippen LogP contribution in [0, 0.1) is 6.92 Å². The lowest BCUT2D eigenvalue weighted by Gasteiger charge is -2.30. The van der Waals surface area contributed by atoms with Gasteiger partial charge in [0.05, 0.1) is 4.90 Å². The van der Waals surface area contributed by atoms with Gasteiger partial charge in [-0.3, -0.25) is 8.98 Å². The summed E-state index contributed by atoms with van der Waals surface area (Å²) in [7, 11) is -3.87. The van der Waals surface area contributed by atoms with Crippen molar-refractivity contribution in [2.45, 2.75) is 30.8 Å². The van der Waals surface area contributed by atoms with Crippen LogP contribution in [-0.4, -0.2) is 33.6 Å². The summed E-state index contributed by atoms with van der Waals surface area (Å²) in [5.74, 6) is 1.09. The topological polar surface area (TPSA) is 90.9 Å². The number of amides is 1. The van der Waals surface area contributed by atoms with Gasteiger partial charge < -0.3 is 14.8 Å². The number of anilines is 1. The quantitative estimate of drug-likeness (QED) is 0.808. The number of ether oxygens (including phenoxy) is 2. The zero-order valence-corrected chi connectivity index (χ0v) is 15.5. The minimum atomic E-state index is -3.87. The van der Waals surface area contributed by atoms with E-state index in [1.165, 1.54) is 12.1 Å². The van der Waals surface area contributed by atoms with Gasteiger partial charge in [0.1, 0.15) is 13.2 Å². The molecule has 0 aromatic heterocycles. The Bertz CT molecular complexity index is 984. The second-order valence-electron chi connectivity index (χ2n) is 6.57. The van der Waals surface area contributed by atoms with Gasteiger partial charge in [0.15, 0.2) is 17.6 Å². The zero-order chi connectivity index (χ0) is 19.0. The van der Waals surface area contributed by atoms with Crippen LogP contribution in [0.4, 0.5) is 5.69 Å². The Balaban J connectivity index is 1.48. The number of hydrogen-bond acceptors (Lipinski definition) is 6. The van der Waals surface area contributed by atoms with Crippen molar-refractivity contribution in [3.05, 3.63) is 47.5 Å². The van der Waals surface area contributed by atoms with Crippen LogP contribution in [0.25, 0.3) is 0 Å². The van der Waals surface area contributed by atoms with Gasteiger partial charge in [-0.2, -0.15) is 8.42 Å². The van der Waals surface area contributed by atoms with Crippen molar-refractivity contribution in [3.63, 3.8) is 0 Å². The molecule has 1 amide bonds. The van der Waals surface area contributed by atoms with Gasteiger partial charge in [0.2, 0.25) is 5.91 Å². The van der Waals surface area contributed by atoms with Crippen LogP contribution >= 0.6 is 0 Å². The summed E-state index contributed by atoms with van der Waals surface area (Å²) in [6.45, 7) is 1.90. The van der Waals surface area contributed by atoms with Gasteiger partial charge in [0, 0.05) is 17.7 Å². The Morgan fingerprint density at radius 3 is 2.70 bits per heavy atom. The second kappa shape index (κ2) is 6.86. The van der Waals surface area contributed by atoms with E-state index in [1.807, 2.05) is 6.92 Å². The van der Waals surface area contributed by atoms with Crippen molar-refractivity contribution in [3.8, 4) is 11.5 Å². The third kappa shape index (κ3) is 3.63. The Morgan fingerprint density at radius 1 is 1.15 bits per heavy atom. The van der Waals surface area contributed by atoms with Gasteiger partial charge in [-0.05, 0) is 37.6 Å². The molecule has 0 spiro atoms. The first-order valence-electron chi connectivity index (χ1n) is 8.64. The molecule has 2 aromatic carbocycles. The molecule has 142 valence electrons. The van der Waals surface area contributed by atoms with Crippen molar-refractivity contribution in [2.75, 3.05) is 18.5 Å². The van der Waals surface area contributed by atoms with E-state index in [-0.39, 0.29) is 24.0 Å². The monoisotopic (exact) mass is 389 g/mol. The molecular formula is C19H19NO6S. The summed E-state index contributed by atoms with van der Waals surface area (Å²) in [6.07, 6.45) is 0.348. The molecule has 1 atom stereocenters. The normalized spacial score (nSPS) is 18.6. The smallest absolute Gasteiger partial charge is 0.297 e. The van der Waals surface area contributed by atoms with E-state index in [1.54, 1.807) is 24.3 Å². The van der Waals surface area contributed by atoms with Crippen molar-refractivity contribution in [1.82, 2.24) is 0 Å². The second-order valence-corrected chi connectivity index (χ2v) is 8.19. The molecule has 0 fully saturated rings. The Morgan fingerprint density at radius 2 is 1.93 bits per heavy atom. The molecule has 2 aliphatic rings. The number of nitrogens with one attached hydrogen (secondary N) is 1. The summed E-state index contributed by atoms with van der Waals surface area (Å²) in [6, 6.07) is 9.97. The van der Waals surface area contributed by atoms with Crippen molar-refractivity contribution in [1.29, 1.82) is 0 Å². The molecule has 0 aliphatic carbocycles. The summed E-state index contributed by atoms with van der Waals surface area (Å²) in [5.41, 5.74) is 2.52. The van der Waals surface area contributed by atoms with E-state index >= 15 is 0 Å². The molecular weight excluding hydrogens is 370 g/mol. The Labute approximate surface area is 157 Å². The molecule has 2 heterocycles. The van der Waals surface area contributed by atoms with Crippen LogP contribution < -0.4 is 14.8 Å². The predicted molar refractivity (Wildman–Crippen MR) is 97.6 cm³/mol. The molecule has 2 aliphatic heterocycles. The fraction of sp³-hybridized carbons (Fsp3) is 0.316. The van der Waals surface area contributed by atoms with Crippen LogP contribution in [0.1, 0.15) is 17.5 Å². The average molecular weight is 389 g/mol. The number of fused-ring (bicyclic) bond motifs is 3. The number of hydrogen-bond donors (Lipinski definition) is 1. The van der Waals surface area contributed by atoms with Crippen LogP contribution in [0.2, 0.25) is 0 Å². The highest BCUT2D eigenvalue weighted by Crippen LogP contribution is 2.41. The van der Waals surface area contributed by atoms with Crippen molar-refractivity contribution in [2.24, 2.45) is 0 Å². The lowest BCUT2D eigenvalue weighted by atomic mass is 10.0. The van der Waals surface area contributed by atoms with Crippen LogP contribution in [0.5, 0.6) is 11.5 Å². The van der Waals surface area contributed by atoms with Crippen LogP contribution in [-0.2, 0) is 25.5 Å². The third-order valence-corrected chi connectivity index (χ3v) is 5.82. The first-order valence-corrected chi connectivity index (χ1v) is 10.0. The van der Waals surface area contributed by atoms with Crippen LogP contribution in [0.3, 0.4) is 0 Å². The highest BCUT2D eigenvalue weighted by molar-refractivity contribution is 7.86. The maximum Gasteiger partial charge on any atom is 0.297 e. The van der Waals surface area contributed by atoms with Gasteiger partial charge in [-0.25, -0.2) is 0 Å². The number of benzene rings is 2. The lowest BCUT2D eigenvalue weighted by Crippen LogP contribution is -2.35. The summed E-state index contributed by atoms with van der Waals surface area (Å²) < 4.78 is 41.5. The molecule has 7 nitrogen and oxygen atoms in total. The average Bonchev–Trinajstić information content (AvgIpc) is 2.66. The van der Waals surface area contributed by atoms with Crippen molar-refractivity contribution >= 4 is 21.7 Å². The predicted octanol–water partition coefficient (Wildman–Crippen LogP) is 2.43. The number of rotatable bonds is 4. The molecule has 0 unspecified atom stereocenters. The number of aryl methyl sites for hydroxylation is 1. The first-order chi connectivity index (χ1) is 12.9. The standard InChI is InChI=1S/C19H19NO6S/c1-12-2-4-14(5-3-12)27(22,23)25-11-13-10-24-17-8-7-16-15(19(17)26-13)6-9-18(21)20-16/h2-5,7-8,13H,6,9-11H2,1H3,(H,20,21)/t13-/m1/s1. The van der Waals surface area contributed by atoms with Crippen LogP contribution in [0.15, 0.2) is 41.3 Å². The SMILES string of the molecule is Cc1ccc(S(=O)(=O)OC[C@H]2COc3ccc4c(c3O2)CCC(=O)N4)cc1. The summed E-state index contributed by atoms with van der Waals surface area (Å²) in [5, 5.41) is 2.81. The maximum absolute atomic E-state index is 12.3. The molecule has 1 N–H and O–H groups in total. The van der Waals surface area contributed by atoms with E-state index < -0.39 is 16.2 Å². The number of carbonyl (C=O) groups is 1. The molecule has 27 heavy (non-hydrogen) atoms. The summed E-state index contributed by atoms with van der Waals surface area (Å²) in [4.78, 5) is 11.7. The van der Waals surface area contributed by atoms with E-state index in [0.29, 0.717) is 30.0 Å². The molecule has 8 heteroatoms. The lowest BCUT2D eigenvalue weighted by molar-refractivity contribution is -0.116. The van der Waals surface area contributed by atoms with E-state index in [2.05, 4.69) is 5.32 Å². The number of carbonyl (C=O) groups excluding carboxylic acids is 1. The van der Waals surface area contributed by atoms with E-state index in [4.69, 9.17) is 13.7 Å². The minimum Gasteiger partial charge on any atom is -0.486 e. The van der Waals surface area contributed by atoms with Crippen molar-refractivity contribution < 1.29 is 26.9 Å². The fourth-order valence-corrected chi connectivity index (χ4v) is 4.01. The Kier molecular flexibility index (Phi) is 4.53. The molecule has 0 radical (unpaired) electrons. The van der Waals surface area contributed by atoms with E-state index in [0.717, 1.165) is 11.1 Å². The third-order valence-electron chi connectivity index (χ3n) is 4.53. The van der Waals surface area contributed by atoms with Gasteiger partial charge >= 0.3 is 0 Å². The maximum atomic E-state index is 12.3. The zero-order valence-electron chi connectivity index (χ0n) is 14.7. The highest BCUT2D eigenvalue weighted by atomic mass is 32.2. The Hall–Kier alpha value is -2.58. The minimum absolute atomic E-state index is 0.0387. The summed E-state index contributed by atoms with van der Waals surface area (Å²) >= 11 is 0.